The highest BCUT2D eigenvalue weighted by Crippen LogP contribution is 2.19. The smallest absolute Gasteiger partial charge is 0.279 e. The number of aromatic amines is 1. The Balaban J connectivity index is 1.55. The van der Waals surface area contributed by atoms with Crippen LogP contribution in [0.1, 0.15) is 0 Å². The molecular formula is C18H12ClFN6O2S. The van der Waals surface area contributed by atoms with Crippen molar-refractivity contribution in [2.24, 2.45) is 0 Å². The molecule has 0 saturated heterocycles. The SMILES string of the molecule is O=C(CSc1nnc2[nH]c(=O)c(-c3ccc(Cl)cc3)nn12)Nc1cccc(F)c1. The number of carbonyl (C=O) groups excluding carboxylic acids is 1. The Kier molecular flexibility index (Phi) is 5.28. The summed E-state index contributed by atoms with van der Waals surface area (Å²) in [5.41, 5.74) is 0.674. The number of amides is 1. The molecule has 0 bridgehead atoms. The van der Waals surface area contributed by atoms with Crippen molar-refractivity contribution < 1.29 is 9.18 Å². The lowest BCUT2D eigenvalue weighted by atomic mass is 10.2. The van der Waals surface area contributed by atoms with Crippen molar-refractivity contribution in [2.45, 2.75) is 5.16 Å². The molecule has 2 aromatic carbocycles. The van der Waals surface area contributed by atoms with Crippen molar-refractivity contribution in [2.75, 3.05) is 11.1 Å². The summed E-state index contributed by atoms with van der Waals surface area (Å²) >= 11 is 6.96. The minimum absolute atomic E-state index is 0.00556. The molecule has 2 N–H and O–H groups in total. The summed E-state index contributed by atoms with van der Waals surface area (Å²) in [7, 11) is 0. The largest absolute Gasteiger partial charge is 0.325 e. The Hall–Kier alpha value is -3.24. The van der Waals surface area contributed by atoms with Gasteiger partial charge in [-0.05, 0) is 30.3 Å². The maximum Gasteiger partial charge on any atom is 0.279 e. The van der Waals surface area contributed by atoms with E-state index in [9.17, 15) is 14.0 Å². The number of halogens is 2. The molecule has 29 heavy (non-hydrogen) atoms. The van der Waals surface area contributed by atoms with E-state index in [2.05, 4.69) is 25.6 Å². The third-order valence-corrected chi connectivity index (χ3v) is 4.98. The van der Waals surface area contributed by atoms with Crippen LogP contribution in [0, 0.1) is 5.82 Å². The molecule has 0 radical (unpaired) electrons. The van der Waals surface area contributed by atoms with E-state index in [-0.39, 0.29) is 23.1 Å². The van der Waals surface area contributed by atoms with Gasteiger partial charge < -0.3 is 5.32 Å². The minimum Gasteiger partial charge on any atom is -0.325 e. The van der Waals surface area contributed by atoms with E-state index in [4.69, 9.17) is 11.6 Å². The molecule has 0 aliphatic rings. The van der Waals surface area contributed by atoms with Crippen molar-refractivity contribution in [3.63, 3.8) is 0 Å². The summed E-state index contributed by atoms with van der Waals surface area (Å²) in [6.07, 6.45) is 0. The average molecular weight is 431 g/mol. The van der Waals surface area contributed by atoms with Gasteiger partial charge in [0.15, 0.2) is 5.69 Å². The van der Waals surface area contributed by atoms with Crippen molar-refractivity contribution in [3.05, 3.63) is 69.7 Å². The third-order valence-electron chi connectivity index (χ3n) is 3.81. The Morgan fingerprint density at radius 3 is 2.76 bits per heavy atom. The normalized spacial score (nSPS) is 11.0. The number of aromatic nitrogens is 5. The molecule has 11 heteroatoms. The number of hydrogen-bond acceptors (Lipinski definition) is 6. The first-order chi connectivity index (χ1) is 14.0. The van der Waals surface area contributed by atoms with Gasteiger partial charge in [0.25, 0.3) is 11.3 Å². The van der Waals surface area contributed by atoms with Gasteiger partial charge in [-0.25, -0.2) is 4.39 Å². The number of anilines is 1. The van der Waals surface area contributed by atoms with Gasteiger partial charge in [-0.15, -0.1) is 10.2 Å². The zero-order valence-corrected chi connectivity index (χ0v) is 16.2. The monoisotopic (exact) mass is 430 g/mol. The van der Waals surface area contributed by atoms with Crippen LogP contribution in [0.5, 0.6) is 0 Å². The van der Waals surface area contributed by atoms with Crippen LogP contribution in [0.3, 0.4) is 0 Å². The molecule has 0 aliphatic carbocycles. The molecule has 0 fully saturated rings. The molecule has 146 valence electrons. The van der Waals surface area contributed by atoms with Gasteiger partial charge in [0.1, 0.15) is 5.82 Å². The summed E-state index contributed by atoms with van der Waals surface area (Å²) in [5.74, 6) is -0.642. The van der Waals surface area contributed by atoms with E-state index in [1.165, 1.54) is 22.7 Å². The molecule has 0 aliphatic heterocycles. The number of nitrogens with one attached hydrogen (secondary N) is 2. The maximum atomic E-state index is 13.2. The van der Waals surface area contributed by atoms with Gasteiger partial charge in [-0.1, -0.05) is 41.6 Å². The zero-order chi connectivity index (χ0) is 20.4. The summed E-state index contributed by atoms with van der Waals surface area (Å²) in [6, 6.07) is 12.3. The minimum atomic E-state index is -0.443. The number of rotatable bonds is 5. The zero-order valence-electron chi connectivity index (χ0n) is 14.6. The Morgan fingerprint density at radius 1 is 1.21 bits per heavy atom. The Bertz CT molecular complexity index is 1260. The Labute approximate surface area is 172 Å². The molecule has 0 spiro atoms. The first-order valence-electron chi connectivity index (χ1n) is 8.29. The number of hydrogen-bond donors (Lipinski definition) is 2. The lowest BCUT2D eigenvalue weighted by Gasteiger charge is -2.05. The fraction of sp³-hybridized carbons (Fsp3) is 0.0556. The van der Waals surface area contributed by atoms with Crippen molar-refractivity contribution in [3.8, 4) is 11.3 Å². The van der Waals surface area contributed by atoms with E-state index in [0.717, 1.165) is 11.8 Å². The number of benzene rings is 2. The van der Waals surface area contributed by atoms with E-state index in [1.807, 2.05) is 0 Å². The molecule has 0 unspecified atom stereocenters. The lowest BCUT2D eigenvalue weighted by molar-refractivity contribution is -0.113. The van der Waals surface area contributed by atoms with E-state index in [0.29, 0.717) is 21.4 Å². The quantitative estimate of drug-likeness (QED) is 0.471. The fourth-order valence-electron chi connectivity index (χ4n) is 2.52. The molecule has 2 heterocycles. The van der Waals surface area contributed by atoms with Gasteiger partial charge in [-0.3, -0.25) is 14.6 Å². The summed E-state index contributed by atoms with van der Waals surface area (Å²) < 4.78 is 14.6. The van der Waals surface area contributed by atoms with Crippen LogP contribution in [0.2, 0.25) is 5.02 Å². The van der Waals surface area contributed by atoms with Crippen LogP contribution in [0.4, 0.5) is 10.1 Å². The first kappa shape index (κ1) is 19.1. The molecule has 4 rings (SSSR count). The average Bonchev–Trinajstić information content (AvgIpc) is 3.08. The number of carbonyl (C=O) groups is 1. The summed E-state index contributed by atoms with van der Waals surface area (Å²) in [4.78, 5) is 27.0. The van der Waals surface area contributed by atoms with Gasteiger partial charge in [0, 0.05) is 16.3 Å². The molecule has 2 aromatic heterocycles. The van der Waals surface area contributed by atoms with Crippen molar-refractivity contribution in [1.29, 1.82) is 0 Å². The highest BCUT2D eigenvalue weighted by molar-refractivity contribution is 7.99. The topological polar surface area (TPSA) is 105 Å². The highest BCUT2D eigenvalue weighted by atomic mass is 35.5. The van der Waals surface area contributed by atoms with Crippen molar-refractivity contribution in [1.82, 2.24) is 24.8 Å². The number of H-pyrrole nitrogens is 1. The molecule has 1 amide bonds. The standard InChI is InChI=1S/C18H12ClFN6O2S/c19-11-6-4-10(5-7-11)15-16(28)22-17-23-24-18(26(17)25-15)29-9-14(27)21-13-3-1-2-12(20)8-13/h1-8H,9H2,(H,21,27)(H,22,23,28). The van der Waals surface area contributed by atoms with Crippen LogP contribution < -0.4 is 10.9 Å². The predicted molar refractivity (Wildman–Crippen MR) is 108 cm³/mol. The maximum absolute atomic E-state index is 13.2. The van der Waals surface area contributed by atoms with Crippen LogP contribution >= 0.6 is 23.4 Å². The van der Waals surface area contributed by atoms with Crippen LogP contribution in [-0.4, -0.2) is 36.5 Å². The third kappa shape index (κ3) is 4.28. The fourth-order valence-corrected chi connectivity index (χ4v) is 3.33. The molecule has 0 atom stereocenters. The summed E-state index contributed by atoms with van der Waals surface area (Å²) in [6.45, 7) is 0. The number of nitrogens with zero attached hydrogens (tertiary/aromatic N) is 4. The van der Waals surface area contributed by atoms with E-state index < -0.39 is 11.4 Å². The first-order valence-corrected chi connectivity index (χ1v) is 9.66. The van der Waals surface area contributed by atoms with Gasteiger partial charge in [0.05, 0.1) is 5.75 Å². The molecule has 8 nitrogen and oxygen atoms in total. The van der Waals surface area contributed by atoms with Crippen LogP contribution in [0.25, 0.3) is 17.0 Å². The van der Waals surface area contributed by atoms with Gasteiger partial charge in [-0.2, -0.15) is 9.61 Å². The second-order valence-electron chi connectivity index (χ2n) is 5.87. The van der Waals surface area contributed by atoms with E-state index in [1.54, 1.807) is 30.3 Å². The van der Waals surface area contributed by atoms with Crippen LogP contribution in [0.15, 0.2) is 58.5 Å². The molecular weight excluding hydrogens is 419 g/mol. The van der Waals surface area contributed by atoms with Gasteiger partial charge in [0.2, 0.25) is 11.1 Å². The molecule has 0 saturated carbocycles. The Morgan fingerprint density at radius 2 is 2.00 bits per heavy atom. The van der Waals surface area contributed by atoms with Gasteiger partial charge >= 0.3 is 0 Å². The second-order valence-corrected chi connectivity index (χ2v) is 7.25. The molecule has 4 aromatic rings. The second kappa shape index (κ2) is 8.02. The lowest BCUT2D eigenvalue weighted by Crippen LogP contribution is -2.16. The highest BCUT2D eigenvalue weighted by Gasteiger charge is 2.15. The number of fused-ring (bicyclic) bond motifs is 1. The predicted octanol–water partition coefficient (Wildman–Crippen LogP) is 3.00. The summed E-state index contributed by atoms with van der Waals surface area (Å²) in [5, 5.41) is 15.6. The van der Waals surface area contributed by atoms with Crippen molar-refractivity contribution >= 4 is 40.7 Å². The number of thioether (sulfide) groups is 1. The van der Waals surface area contributed by atoms with E-state index >= 15 is 0 Å². The van der Waals surface area contributed by atoms with Crippen LogP contribution in [-0.2, 0) is 4.79 Å².